The lowest BCUT2D eigenvalue weighted by atomic mass is 10.1. The van der Waals surface area contributed by atoms with E-state index in [1.807, 2.05) is 45.0 Å². The van der Waals surface area contributed by atoms with Crippen molar-refractivity contribution >= 4 is 23.3 Å². The zero-order valence-corrected chi connectivity index (χ0v) is 11.7. The van der Waals surface area contributed by atoms with Crippen molar-refractivity contribution in [2.75, 3.05) is 13.2 Å². The van der Waals surface area contributed by atoms with Crippen molar-refractivity contribution in [3.8, 4) is 11.5 Å². The molecule has 0 saturated carbocycles. The number of nitrogens with zero attached hydrogens (tertiary/aromatic N) is 1. The van der Waals surface area contributed by atoms with Crippen molar-refractivity contribution in [1.82, 2.24) is 4.98 Å². The minimum absolute atomic E-state index is 0. The third-order valence-electron chi connectivity index (χ3n) is 2.48. The number of rotatable bonds is 4. The molecule has 1 aromatic heterocycles. The van der Waals surface area contributed by atoms with Crippen LogP contribution in [0, 0.1) is 6.92 Å². The average Bonchev–Trinajstić information content (AvgIpc) is 2.29. The van der Waals surface area contributed by atoms with E-state index in [2.05, 4.69) is 4.98 Å². The van der Waals surface area contributed by atoms with Crippen LogP contribution in [0.2, 0.25) is 0 Å². The Morgan fingerprint density at radius 1 is 1.06 bits per heavy atom. The van der Waals surface area contributed by atoms with Crippen LogP contribution in [-0.4, -0.2) is 18.2 Å². The summed E-state index contributed by atoms with van der Waals surface area (Å²) >= 11 is 0. The fourth-order valence-electron chi connectivity index (χ4n) is 1.83. The van der Waals surface area contributed by atoms with Crippen LogP contribution in [-0.2, 0) is 0 Å². The zero-order valence-electron chi connectivity index (χ0n) is 10.9. The first-order valence-corrected chi connectivity index (χ1v) is 5.91. The van der Waals surface area contributed by atoms with Gasteiger partial charge in [-0.05, 0) is 32.9 Å². The summed E-state index contributed by atoms with van der Waals surface area (Å²) in [6.45, 7) is 7.24. The second-order valence-corrected chi connectivity index (χ2v) is 3.81. The van der Waals surface area contributed by atoms with Crippen molar-refractivity contribution < 1.29 is 9.47 Å². The first-order chi connectivity index (χ1) is 8.24. The molecule has 1 aromatic carbocycles. The molecule has 0 aliphatic carbocycles. The van der Waals surface area contributed by atoms with Crippen molar-refractivity contribution in [3.05, 3.63) is 30.0 Å². The van der Waals surface area contributed by atoms with Gasteiger partial charge >= 0.3 is 0 Å². The van der Waals surface area contributed by atoms with Gasteiger partial charge in [-0.15, -0.1) is 12.4 Å². The number of halogens is 1. The van der Waals surface area contributed by atoms with E-state index in [0.717, 1.165) is 28.1 Å². The second-order valence-electron chi connectivity index (χ2n) is 3.81. The van der Waals surface area contributed by atoms with E-state index in [1.54, 1.807) is 0 Å². The van der Waals surface area contributed by atoms with Gasteiger partial charge in [-0.2, -0.15) is 0 Å². The molecule has 0 radical (unpaired) electrons. The van der Waals surface area contributed by atoms with Gasteiger partial charge in [0.1, 0.15) is 11.5 Å². The highest BCUT2D eigenvalue weighted by molar-refractivity contribution is 5.86. The molecule has 0 aliphatic rings. The van der Waals surface area contributed by atoms with Crippen molar-refractivity contribution in [3.63, 3.8) is 0 Å². The van der Waals surface area contributed by atoms with Gasteiger partial charge in [0.25, 0.3) is 0 Å². The van der Waals surface area contributed by atoms with Gasteiger partial charge in [0.05, 0.1) is 18.7 Å². The molecule has 18 heavy (non-hydrogen) atoms. The topological polar surface area (TPSA) is 31.4 Å². The third-order valence-corrected chi connectivity index (χ3v) is 2.48. The summed E-state index contributed by atoms with van der Waals surface area (Å²) in [5.41, 5.74) is 1.87. The number of hydrogen-bond donors (Lipinski definition) is 0. The number of hydrogen-bond acceptors (Lipinski definition) is 3. The van der Waals surface area contributed by atoms with Gasteiger partial charge in [-0.1, -0.05) is 0 Å². The monoisotopic (exact) mass is 267 g/mol. The molecule has 3 nitrogen and oxygen atoms in total. The summed E-state index contributed by atoms with van der Waals surface area (Å²) in [4.78, 5) is 4.50. The van der Waals surface area contributed by atoms with E-state index in [1.165, 1.54) is 0 Å². The average molecular weight is 268 g/mol. The van der Waals surface area contributed by atoms with Crippen molar-refractivity contribution in [2.45, 2.75) is 20.8 Å². The van der Waals surface area contributed by atoms with E-state index < -0.39 is 0 Å². The highest BCUT2D eigenvalue weighted by Crippen LogP contribution is 2.28. The maximum absolute atomic E-state index is 5.62. The maximum atomic E-state index is 5.62. The first-order valence-electron chi connectivity index (χ1n) is 5.91. The summed E-state index contributed by atoms with van der Waals surface area (Å²) in [6, 6.07) is 7.86. The third kappa shape index (κ3) is 3.05. The van der Waals surface area contributed by atoms with Crippen LogP contribution in [0.3, 0.4) is 0 Å². The fourth-order valence-corrected chi connectivity index (χ4v) is 1.83. The Morgan fingerprint density at radius 3 is 2.44 bits per heavy atom. The largest absolute Gasteiger partial charge is 0.494 e. The number of ether oxygens (including phenoxy) is 2. The molecule has 2 rings (SSSR count). The van der Waals surface area contributed by atoms with Crippen molar-refractivity contribution in [2.24, 2.45) is 0 Å². The normalized spacial score (nSPS) is 9.94. The minimum atomic E-state index is 0. The van der Waals surface area contributed by atoms with E-state index in [-0.39, 0.29) is 12.4 Å². The predicted octanol–water partition coefficient (Wildman–Crippen LogP) is 3.76. The molecule has 0 N–H and O–H groups in total. The summed E-state index contributed by atoms with van der Waals surface area (Å²) in [6.07, 6.45) is 0. The van der Waals surface area contributed by atoms with Gasteiger partial charge in [0.2, 0.25) is 0 Å². The molecular formula is C14H18ClNO2. The molecule has 0 aliphatic heterocycles. The standard InChI is InChI=1S/C14H17NO2.ClH/c1-4-16-11-6-7-12-13(9-11)15-10(3)8-14(12)17-5-2;/h6-9H,4-5H2,1-3H3;1H. The maximum Gasteiger partial charge on any atom is 0.130 e. The van der Waals surface area contributed by atoms with Crippen LogP contribution >= 0.6 is 12.4 Å². The number of aryl methyl sites for hydroxylation is 1. The van der Waals surface area contributed by atoms with Crippen LogP contribution in [0.25, 0.3) is 10.9 Å². The Morgan fingerprint density at radius 2 is 1.78 bits per heavy atom. The van der Waals surface area contributed by atoms with E-state index >= 15 is 0 Å². The summed E-state index contributed by atoms with van der Waals surface area (Å²) < 4.78 is 11.1. The summed E-state index contributed by atoms with van der Waals surface area (Å²) in [7, 11) is 0. The smallest absolute Gasteiger partial charge is 0.130 e. The Kier molecular flexibility index (Phi) is 5.23. The summed E-state index contributed by atoms with van der Waals surface area (Å²) in [5, 5.41) is 1.03. The van der Waals surface area contributed by atoms with Gasteiger partial charge in [-0.3, -0.25) is 4.98 Å². The molecule has 0 bridgehead atoms. The van der Waals surface area contributed by atoms with Crippen molar-refractivity contribution in [1.29, 1.82) is 0 Å². The molecular weight excluding hydrogens is 250 g/mol. The lowest BCUT2D eigenvalue weighted by Crippen LogP contribution is -1.96. The number of aromatic nitrogens is 1. The van der Waals surface area contributed by atoms with Gasteiger partial charge in [-0.25, -0.2) is 0 Å². The lowest BCUT2D eigenvalue weighted by Gasteiger charge is -2.10. The second kappa shape index (κ2) is 6.45. The number of benzene rings is 1. The molecule has 1 heterocycles. The van der Waals surface area contributed by atoms with E-state index in [9.17, 15) is 0 Å². The highest BCUT2D eigenvalue weighted by Gasteiger charge is 2.06. The van der Waals surface area contributed by atoms with Gasteiger partial charge in [0, 0.05) is 23.2 Å². The Balaban J connectivity index is 0.00000162. The SMILES string of the molecule is CCOc1ccc2c(OCC)cc(C)nc2c1.Cl. The fraction of sp³-hybridized carbons (Fsp3) is 0.357. The summed E-state index contributed by atoms with van der Waals surface area (Å²) in [5.74, 6) is 1.73. The molecule has 2 aromatic rings. The number of pyridine rings is 1. The van der Waals surface area contributed by atoms with Crippen LogP contribution in [0.15, 0.2) is 24.3 Å². The van der Waals surface area contributed by atoms with Crippen LogP contribution in [0.5, 0.6) is 11.5 Å². The molecule has 4 heteroatoms. The highest BCUT2D eigenvalue weighted by atomic mass is 35.5. The van der Waals surface area contributed by atoms with Crippen LogP contribution in [0.4, 0.5) is 0 Å². The minimum Gasteiger partial charge on any atom is -0.494 e. The Labute approximate surface area is 114 Å². The lowest BCUT2D eigenvalue weighted by molar-refractivity contribution is 0.339. The molecule has 0 unspecified atom stereocenters. The van der Waals surface area contributed by atoms with Gasteiger partial charge < -0.3 is 9.47 Å². The number of fused-ring (bicyclic) bond motifs is 1. The van der Waals surface area contributed by atoms with E-state index in [0.29, 0.717) is 13.2 Å². The molecule has 0 amide bonds. The van der Waals surface area contributed by atoms with Crippen LogP contribution in [0.1, 0.15) is 19.5 Å². The molecule has 98 valence electrons. The quantitative estimate of drug-likeness (QED) is 0.845. The first kappa shape index (κ1) is 14.6. The van der Waals surface area contributed by atoms with E-state index in [4.69, 9.17) is 9.47 Å². The Hall–Kier alpha value is -1.48. The molecule has 0 fully saturated rings. The molecule has 0 saturated heterocycles. The zero-order chi connectivity index (χ0) is 12.3. The predicted molar refractivity (Wildman–Crippen MR) is 76.1 cm³/mol. The van der Waals surface area contributed by atoms with Gasteiger partial charge in [0.15, 0.2) is 0 Å². The Bertz CT molecular complexity index is 528. The van der Waals surface area contributed by atoms with Crippen LogP contribution < -0.4 is 9.47 Å². The molecule has 0 spiro atoms. The molecule has 0 atom stereocenters.